The van der Waals surface area contributed by atoms with Crippen molar-refractivity contribution in [3.63, 3.8) is 0 Å². The maximum absolute atomic E-state index is 11.4. The first-order valence-corrected chi connectivity index (χ1v) is 8.74. The number of benzene rings is 3. The van der Waals surface area contributed by atoms with E-state index in [4.69, 9.17) is 9.47 Å². The van der Waals surface area contributed by atoms with E-state index in [-0.39, 0.29) is 11.5 Å². The van der Waals surface area contributed by atoms with Crippen LogP contribution in [0.25, 0.3) is 10.8 Å². The van der Waals surface area contributed by atoms with Gasteiger partial charge < -0.3 is 14.8 Å². The molecule has 0 aliphatic heterocycles. The summed E-state index contributed by atoms with van der Waals surface area (Å²) < 4.78 is 10.4. The molecule has 5 nitrogen and oxygen atoms in total. The van der Waals surface area contributed by atoms with Crippen molar-refractivity contribution in [2.45, 2.75) is 20.3 Å². The van der Waals surface area contributed by atoms with Crippen LogP contribution in [-0.2, 0) is 16.0 Å². The van der Waals surface area contributed by atoms with E-state index in [1.165, 1.54) is 13.8 Å². The minimum atomic E-state index is -0.467. The fourth-order valence-corrected chi connectivity index (χ4v) is 2.84. The van der Waals surface area contributed by atoms with Crippen molar-refractivity contribution >= 4 is 28.4 Å². The Labute approximate surface area is 157 Å². The van der Waals surface area contributed by atoms with Gasteiger partial charge in [0, 0.05) is 26.1 Å². The van der Waals surface area contributed by atoms with E-state index in [0.717, 1.165) is 35.0 Å². The Kier molecular flexibility index (Phi) is 5.71. The third-order valence-corrected chi connectivity index (χ3v) is 3.99. The molecule has 1 N–H and O–H groups in total. The van der Waals surface area contributed by atoms with Crippen molar-refractivity contribution < 1.29 is 19.1 Å². The summed E-state index contributed by atoms with van der Waals surface area (Å²) in [4.78, 5) is 22.7. The van der Waals surface area contributed by atoms with Gasteiger partial charge in [0.2, 0.25) is 0 Å². The number of para-hydroxylation sites is 1. The average Bonchev–Trinajstić information content (AvgIpc) is 2.62. The number of carbonyl (C=O) groups is 2. The average molecular weight is 363 g/mol. The van der Waals surface area contributed by atoms with E-state index in [9.17, 15) is 9.59 Å². The van der Waals surface area contributed by atoms with E-state index in [1.54, 1.807) is 12.1 Å². The Morgan fingerprint density at radius 1 is 0.815 bits per heavy atom. The summed E-state index contributed by atoms with van der Waals surface area (Å²) in [6.45, 7) is 3.43. The highest BCUT2D eigenvalue weighted by Crippen LogP contribution is 2.33. The molecule has 0 heterocycles. The van der Waals surface area contributed by atoms with Crippen molar-refractivity contribution in [1.82, 2.24) is 0 Å². The molecule has 0 unspecified atom stereocenters. The third-order valence-electron chi connectivity index (χ3n) is 3.99. The summed E-state index contributed by atoms with van der Waals surface area (Å²) in [5, 5.41) is 5.20. The molecule has 0 fully saturated rings. The fraction of sp³-hybridized carbons (Fsp3) is 0.182. The van der Waals surface area contributed by atoms with Crippen LogP contribution >= 0.6 is 0 Å². The Balaban J connectivity index is 1.80. The molecule has 5 heteroatoms. The lowest BCUT2D eigenvalue weighted by Crippen LogP contribution is -2.07. The van der Waals surface area contributed by atoms with Gasteiger partial charge in [0.05, 0.1) is 0 Å². The zero-order valence-corrected chi connectivity index (χ0v) is 15.3. The predicted octanol–water partition coefficient (Wildman–Crippen LogP) is 4.35. The van der Waals surface area contributed by atoms with Crippen LogP contribution in [0.15, 0.2) is 60.7 Å². The largest absolute Gasteiger partial charge is 0.423 e. The van der Waals surface area contributed by atoms with E-state index >= 15 is 0 Å². The summed E-state index contributed by atoms with van der Waals surface area (Å²) in [5.74, 6) is -0.453. The minimum absolute atomic E-state index is 0.240. The number of esters is 2. The first-order valence-electron chi connectivity index (χ1n) is 8.74. The summed E-state index contributed by atoms with van der Waals surface area (Å²) in [7, 11) is 0. The van der Waals surface area contributed by atoms with Crippen LogP contribution in [0.1, 0.15) is 19.4 Å². The van der Waals surface area contributed by atoms with Gasteiger partial charge in [-0.2, -0.15) is 0 Å². The van der Waals surface area contributed by atoms with E-state index in [0.29, 0.717) is 0 Å². The number of nitrogens with one attached hydrogen (secondary N) is 1. The number of hydrogen-bond acceptors (Lipinski definition) is 5. The molecule has 0 bridgehead atoms. The molecular formula is C22H21NO4. The molecule has 0 saturated carbocycles. The quantitative estimate of drug-likeness (QED) is 0.521. The number of ether oxygens (including phenoxy) is 2. The Bertz CT molecular complexity index is 967. The molecule has 0 atom stereocenters. The van der Waals surface area contributed by atoms with Crippen molar-refractivity contribution in [3.8, 4) is 11.5 Å². The first kappa shape index (κ1) is 18.5. The number of carbonyl (C=O) groups excluding carboxylic acids is 2. The molecule has 0 saturated heterocycles. The van der Waals surface area contributed by atoms with Crippen LogP contribution in [-0.4, -0.2) is 18.5 Å². The van der Waals surface area contributed by atoms with Crippen molar-refractivity contribution in [3.05, 3.63) is 66.2 Å². The van der Waals surface area contributed by atoms with Crippen LogP contribution < -0.4 is 14.8 Å². The number of anilines is 1. The topological polar surface area (TPSA) is 64.6 Å². The summed E-state index contributed by atoms with van der Waals surface area (Å²) in [5.41, 5.74) is 2.24. The summed E-state index contributed by atoms with van der Waals surface area (Å²) >= 11 is 0. The zero-order valence-electron chi connectivity index (χ0n) is 15.3. The van der Waals surface area contributed by atoms with E-state index in [1.807, 2.05) is 48.5 Å². The van der Waals surface area contributed by atoms with Crippen LogP contribution in [0, 0.1) is 0 Å². The van der Waals surface area contributed by atoms with Crippen molar-refractivity contribution in [2.75, 3.05) is 11.9 Å². The molecule has 0 spiro atoms. The maximum Gasteiger partial charge on any atom is 0.308 e. The molecule has 138 valence electrons. The van der Waals surface area contributed by atoms with Crippen LogP contribution in [0.2, 0.25) is 0 Å². The first-order chi connectivity index (χ1) is 13.0. The molecule has 0 amide bonds. The Hall–Kier alpha value is -3.34. The van der Waals surface area contributed by atoms with Crippen molar-refractivity contribution in [2.24, 2.45) is 0 Å². The van der Waals surface area contributed by atoms with Gasteiger partial charge in [-0.25, -0.2) is 0 Å². The zero-order chi connectivity index (χ0) is 19.2. The van der Waals surface area contributed by atoms with Gasteiger partial charge >= 0.3 is 11.9 Å². The highest BCUT2D eigenvalue weighted by molar-refractivity contribution is 5.88. The van der Waals surface area contributed by atoms with Gasteiger partial charge in [0.1, 0.15) is 0 Å². The lowest BCUT2D eigenvalue weighted by molar-refractivity contribution is -0.134. The van der Waals surface area contributed by atoms with Gasteiger partial charge in [0.15, 0.2) is 11.5 Å². The SMILES string of the molecule is CC(=O)Oc1cc2ccc(CCNc3ccccc3)cc2cc1OC(C)=O. The molecule has 27 heavy (non-hydrogen) atoms. The molecular weight excluding hydrogens is 342 g/mol. The van der Waals surface area contributed by atoms with Crippen molar-refractivity contribution in [1.29, 1.82) is 0 Å². The van der Waals surface area contributed by atoms with Gasteiger partial charge in [-0.05, 0) is 47.0 Å². The predicted molar refractivity (Wildman–Crippen MR) is 105 cm³/mol. The summed E-state index contributed by atoms with van der Waals surface area (Å²) in [6, 6.07) is 19.5. The second-order valence-electron chi connectivity index (χ2n) is 6.21. The second kappa shape index (κ2) is 8.36. The smallest absolute Gasteiger partial charge is 0.308 e. The number of fused-ring (bicyclic) bond motifs is 1. The molecule has 0 aliphatic carbocycles. The van der Waals surface area contributed by atoms with Gasteiger partial charge in [-0.1, -0.05) is 36.4 Å². The molecule has 0 aromatic heterocycles. The normalized spacial score (nSPS) is 10.4. The fourth-order valence-electron chi connectivity index (χ4n) is 2.84. The second-order valence-corrected chi connectivity index (χ2v) is 6.21. The highest BCUT2D eigenvalue weighted by Gasteiger charge is 2.12. The van der Waals surface area contributed by atoms with Gasteiger partial charge in [-0.15, -0.1) is 0 Å². The Morgan fingerprint density at radius 2 is 1.44 bits per heavy atom. The molecule has 3 aromatic rings. The lowest BCUT2D eigenvalue weighted by atomic mass is 10.0. The third kappa shape index (κ3) is 5.07. The molecule has 3 aromatic carbocycles. The molecule has 0 aliphatic rings. The van der Waals surface area contributed by atoms with E-state index < -0.39 is 11.9 Å². The lowest BCUT2D eigenvalue weighted by Gasteiger charge is -2.11. The Morgan fingerprint density at radius 3 is 2.07 bits per heavy atom. The summed E-state index contributed by atoms with van der Waals surface area (Å²) in [6.07, 6.45) is 0.847. The highest BCUT2D eigenvalue weighted by atomic mass is 16.6. The van der Waals surface area contributed by atoms with Crippen LogP contribution in [0.4, 0.5) is 5.69 Å². The molecule has 0 radical (unpaired) electrons. The number of rotatable bonds is 6. The standard InChI is InChI=1S/C22H21NO4/c1-15(24)26-21-13-18-9-8-17(10-11-23-20-6-4-3-5-7-20)12-19(18)14-22(21)27-16(2)25/h3-9,12-14,23H,10-11H2,1-2H3. The van der Waals surface area contributed by atoms with Gasteiger partial charge in [-0.3, -0.25) is 9.59 Å². The molecule has 3 rings (SSSR count). The monoisotopic (exact) mass is 363 g/mol. The van der Waals surface area contributed by atoms with Crippen LogP contribution in [0.5, 0.6) is 11.5 Å². The van der Waals surface area contributed by atoms with E-state index in [2.05, 4.69) is 5.32 Å². The van der Waals surface area contributed by atoms with Gasteiger partial charge in [0.25, 0.3) is 0 Å². The maximum atomic E-state index is 11.4. The minimum Gasteiger partial charge on any atom is -0.423 e. The number of hydrogen-bond donors (Lipinski definition) is 1. The van der Waals surface area contributed by atoms with Crippen LogP contribution in [0.3, 0.4) is 0 Å².